The van der Waals surface area contributed by atoms with Gasteiger partial charge in [0.2, 0.25) is 0 Å². The Morgan fingerprint density at radius 2 is 1.76 bits per heavy atom. The predicted octanol–water partition coefficient (Wildman–Crippen LogP) is 2.95. The summed E-state index contributed by atoms with van der Waals surface area (Å²) in [4.78, 5) is 51.3. The van der Waals surface area contributed by atoms with Gasteiger partial charge in [-0.1, -0.05) is 18.2 Å². The molecule has 1 saturated carbocycles. The fourth-order valence-corrected chi connectivity index (χ4v) is 3.90. The van der Waals surface area contributed by atoms with Crippen LogP contribution in [0.4, 0.5) is 0 Å². The Balaban J connectivity index is 1.46. The minimum atomic E-state index is -0.711. The van der Waals surface area contributed by atoms with Crippen LogP contribution in [0.5, 0.6) is 5.75 Å². The quantitative estimate of drug-likeness (QED) is 0.466. The minimum absolute atomic E-state index is 0.00157. The van der Waals surface area contributed by atoms with Crippen molar-refractivity contribution >= 4 is 23.7 Å². The maximum absolute atomic E-state index is 12.7. The molecule has 8 heteroatoms. The summed E-state index contributed by atoms with van der Waals surface area (Å²) >= 11 is 0. The number of nitrogens with zero attached hydrogens (tertiary/aromatic N) is 1. The lowest BCUT2D eigenvalue weighted by molar-refractivity contribution is -0.125. The molecule has 0 radical (unpaired) electrons. The lowest BCUT2D eigenvalue weighted by atomic mass is 10.1. The van der Waals surface area contributed by atoms with Gasteiger partial charge in [0, 0.05) is 6.04 Å². The number of amides is 3. The summed E-state index contributed by atoms with van der Waals surface area (Å²) in [6, 6.07) is 11.5. The molecule has 33 heavy (non-hydrogen) atoms. The van der Waals surface area contributed by atoms with Crippen molar-refractivity contribution in [2.75, 3.05) is 13.2 Å². The number of rotatable bonds is 9. The van der Waals surface area contributed by atoms with Gasteiger partial charge in [-0.25, -0.2) is 4.79 Å². The van der Waals surface area contributed by atoms with Gasteiger partial charge in [-0.15, -0.1) is 0 Å². The van der Waals surface area contributed by atoms with E-state index in [2.05, 4.69) is 5.32 Å². The van der Waals surface area contributed by atoms with Crippen LogP contribution in [0.25, 0.3) is 0 Å². The van der Waals surface area contributed by atoms with Gasteiger partial charge in [0.05, 0.1) is 24.3 Å². The van der Waals surface area contributed by atoms with E-state index in [1.165, 1.54) is 6.07 Å². The second-order valence-corrected chi connectivity index (χ2v) is 8.28. The summed E-state index contributed by atoms with van der Waals surface area (Å²) in [5.41, 5.74) is 1.42. The Labute approximate surface area is 191 Å². The van der Waals surface area contributed by atoms with Crippen molar-refractivity contribution in [3.63, 3.8) is 0 Å². The second kappa shape index (κ2) is 9.44. The first-order chi connectivity index (χ1) is 15.9. The number of carbonyl (C=O) groups excluding carboxylic acids is 4. The molecule has 1 aliphatic carbocycles. The molecule has 0 aromatic heterocycles. The molecule has 1 unspecified atom stereocenters. The van der Waals surface area contributed by atoms with Gasteiger partial charge in [-0.2, -0.15) is 0 Å². The third kappa shape index (κ3) is 4.89. The van der Waals surface area contributed by atoms with Crippen molar-refractivity contribution < 1.29 is 28.7 Å². The first kappa shape index (κ1) is 22.5. The molecule has 0 spiro atoms. The Hall–Kier alpha value is -3.68. The molecule has 172 valence electrons. The zero-order valence-electron chi connectivity index (χ0n) is 18.6. The van der Waals surface area contributed by atoms with E-state index in [0.29, 0.717) is 35.0 Å². The van der Waals surface area contributed by atoms with E-state index in [9.17, 15) is 19.2 Å². The second-order valence-electron chi connectivity index (χ2n) is 8.28. The van der Waals surface area contributed by atoms with Crippen LogP contribution in [-0.4, -0.2) is 47.8 Å². The predicted molar refractivity (Wildman–Crippen MR) is 119 cm³/mol. The topological polar surface area (TPSA) is 102 Å². The van der Waals surface area contributed by atoms with E-state index in [4.69, 9.17) is 9.47 Å². The third-order valence-corrected chi connectivity index (χ3v) is 5.83. The van der Waals surface area contributed by atoms with Crippen LogP contribution >= 0.6 is 0 Å². The van der Waals surface area contributed by atoms with Gasteiger partial charge >= 0.3 is 5.97 Å². The van der Waals surface area contributed by atoms with Crippen molar-refractivity contribution in [1.82, 2.24) is 10.2 Å². The van der Waals surface area contributed by atoms with Gasteiger partial charge < -0.3 is 14.8 Å². The summed E-state index contributed by atoms with van der Waals surface area (Å²) in [7, 11) is 0. The number of imide groups is 1. The van der Waals surface area contributed by atoms with Crippen molar-refractivity contribution in [3.05, 3.63) is 64.7 Å². The average molecular weight is 450 g/mol. The molecule has 8 nitrogen and oxygen atoms in total. The van der Waals surface area contributed by atoms with Crippen molar-refractivity contribution in [2.24, 2.45) is 5.92 Å². The molecule has 1 fully saturated rings. The van der Waals surface area contributed by atoms with Crippen LogP contribution in [-0.2, 0) is 16.1 Å². The number of nitrogens with one attached hydrogen (secondary N) is 1. The summed E-state index contributed by atoms with van der Waals surface area (Å²) in [5.74, 6) is -1.03. The van der Waals surface area contributed by atoms with E-state index in [1.807, 2.05) is 6.92 Å². The molecule has 1 heterocycles. The first-order valence-electron chi connectivity index (χ1n) is 11.1. The number of benzene rings is 2. The smallest absolute Gasteiger partial charge is 0.342 e. The zero-order valence-corrected chi connectivity index (χ0v) is 18.6. The molecule has 0 bridgehead atoms. The molecular weight excluding hydrogens is 424 g/mol. The lowest BCUT2D eigenvalue weighted by Crippen LogP contribution is -2.37. The highest BCUT2D eigenvalue weighted by atomic mass is 16.5. The largest absolute Gasteiger partial charge is 0.493 e. The van der Waals surface area contributed by atoms with Crippen molar-refractivity contribution in [1.29, 1.82) is 0 Å². The normalized spacial score (nSPS) is 15.8. The Morgan fingerprint density at radius 1 is 1.09 bits per heavy atom. The number of fused-ring (bicyclic) bond motifs is 1. The van der Waals surface area contributed by atoms with E-state index >= 15 is 0 Å². The minimum Gasteiger partial charge on any atom is -0.493 e. The van der Waals surface area contributed by atoms with E-state index < -0.39 is 12.6 Å². The molecule has 1 aliphatic heterocycles. The molecular formula is C25H26N2O6. The molecule has 1 N–H and O–H groups in total. The fourth-order valence-electron chi connectivity index (χ4n) is 3.90. The molecule has 2 aromatic rings. The van der Waals surface area contributed by atoms with Crippen molar-refractivity contribution in [2.45, 2.75) is 39.3 Å². The van der Waals surface area contributed by atoms with Crippen LogP contribution in [0.1, 0.15) is 63.3 Å². The van der Waals surface area contributed by atoms with Gasteiger partial charge in [-0.05, 0) is 62.4 Å². The third-order valence-electron chi connectivity index (χ3n) is 5.83. The highest BCUT2D eigenvalue weighted by Crippen LogP contribution is 2.32. The molecule has 1 atom stereocenters. The maximum atomic E-state index is 12.7. The molecule has 2 aromatic carbocycles. The Bertz CT molecular complexity index is 1070. The fraction of sp³-hybridized carbons (Fsp3) is 0.360. The Kier molecular flexibility index (Phi) is 6.44. The number of hydrogen-bond donors (Lipinski definition) is 1. The summed E-state index contributed by atoms with van der Waals surface area (Å²) in [6.07, 6.45) is 2.19. The number of ether oxygens (including phenoxy) is 2. The van der Waals surface area contributed by atoms with Gasteiger partial charge in [0.25, 0.3) is 17.7 Å². The highest BCUT2D eigenvalue weighted by Gasteiger charge is 2.35. The molecule has 3 amide bonds. The van der Waals surface area contributed by atoms with Gasteiger partial charge in [-0.3, -0.25) is 19.3 Å². The van der Waals surface area contributed by atoms with Crippen LogP contribution in [0.15, 0.2) is 42.5 Å². The molecule has 2 aliphatic rings. The van der Waals surface area contributed by atoms with E-state index in [1.54, 1.807) is 43.3 Å². The van der Waals surface area contributed by atoms with Crippen LogP contribution in [0, 0.1) is 5.92 Å². The summed E-state index contributed by atoms with van der Waals surface area (Å²) < 4.78 is 10.8. The molecule has 0 saturated heterocycles. The highest BCUT2D eigenvalue weighted by molar-refractivity contribution is 6.21. The first-order valence-corrected chi connectivity index (χ1v) is 11.1. The maximum Gasteiger partial charge on any atom is 0.342 e. The van der Waals surface area contributed by atoms with Crippen LogP contribution in [0.3, 0.4) is 0 Å². The Morgan fingerprint density at radius 3 is 2.36 bits per heavy atom. The summed E-state index contributed by atoms with van der Waals surface area (Å²) in [5, 5.41) is 2.84. The van der Waals surface area contributed by atoms with Crippen LogP contribution < -0.4 is 10.1 Å². The van der Waals surface area contributed by atoms with E-state index in [0.717, 1.165) is 17.7 Å². The SMILES string of the molecule is CCOc1ccc(CN2C(=O)c3ccccc3C2=O)cc1C(=O)OCC(=O)NC(C)C1CC1. The van der Waals surface area contributed by atoms with Gasteiger partial charge in [0.1, 0.15) is 11.3 Å². The van der Waals surface area contributed by atoms with Gasteiger partial charge in [0.15, 0.2) is 6.61 Å². The zero-order chi connectivity index (χ0) is 23.5. The van der Waals surface area contributed by atoms with Crippen molar-refractivity contribution in [3.8, 4) is 5.75 Å². The monoisotopic (exact) mass is 450 g/mol. The summed E-state index contributed by atoms with van der Waals surface area (Å²) in [6.45, 7) is 3.65. The van der Waals surface area contributed by atoms with E-state index in [-0.39, 0.29) is 35.9 Å². The number of hydrogen-bond acceptors (Lipinski definition) is 6. The standard InChI is InChI=1S/C25H26N2O6/c1-3-32-21-11-8-16(13-27-23(29)18-6-4-5-7-19(18)24(27)30)12-20(21)25(31)33-14-22(28)26-15(2)17-9-10-17/h4-8,11-12,15,17H,3,9-10,13-14H2,1-2H3,(H,26,28). The average Bonchev–Trinajstić information content (AvgIpc) is 3.63. The molecule has 4 rings (SSSR count). The lowest BCUT2D eigenvalue weighted by Gasteiger charge is -2.16. The van der Waals surface area contributed by atoms with Crippen LogP contribution in [0.2, 0.25) is 0 Å². The number of esters is 1. The number of carbonyl (C=O) groups is 4.